The van der Waals surface area contributed by atoms with Crippen molar-refractivity contribution in [2.24, 2.45) is 5.92 Å². The highest BCUT2D eigenvalue weighted by atomic mass is 79.9. The lowest BCUT2D eigenvalue weighted by Gasteiger charge is -2.29. The molecule has 1 N–H and O–H groups in total. The first-order valence-electron chi connectivity index (χ1n) is 6.45. The summed E-state index contributed by atoms with van der Waals surface area (Å²) in [5.41, 5.74) is 1.05. The molecule has 3 atom stereocenters. The summed E-state index contributed by atoms with van der Waals surface area (Å²) in [6.07, 6.45) is 0. The number of carbonyl (C=O) groups is 1. The van der Waals surface area contributed by atoms with E-state index in [0.717, 1.165) is 19.9 Å². The fourth-order valence-electron chi connectivity index (χ4n) is 2.94. The Labute approximate surface area is 137 Å². The summed E-state index contributed by atoms with van der Waals surface area (Å²) in [7, 11) is 0. The van der Waals surface area contributed by atoms with Crippen LogP contribution in [0.3, 0.4) is 0 Å². The van der Waals surface area contributed by atoms with Gasteiger partial charge in [0, 0.05) is 15.3 Å². The molecule has 1 fully saturated rings. The third-order valence-electron chi connectivity index (χ3n) is 3.84. The van der Waals surface area contributed by atoms with E-state index < -0.39 is 0 Å². The van der Waals surface area contributed by atoms with Crippen molar-refractivity contribution in [2.75, 3.05) is 6.61 Å². The van der Waals surface area contributed by atoms with Crippen LogP contribution in [0.5, 0.6) is 0 Å². The molecule has 0 spiro atoms. The fourth-order valence-corrected chi connectivity index (χ4v) is 5.69. The largest absolute Gasteiger partial charge is 0.464 e. The molecule has 0 aliphatic carbocycles. The minimum atomic E-state index is -0.213. The molecule has 3 heterocycles. The number of halogens is 1. The van der Waals surface area contributed by atoms with Crippen LogP contribution in [0.1, 0.15) is 16.4 Å². The zero-order chi connectivity index (χ0) is 14.6. The first kappa shape index (κ1) is 13.6. The molecule has 0 saturated carbocycles. The van der Waals surface area contributed by atoms with E-state index >= 15 is 0 Å². The zero-order valence-electron chi connectivity index (χ0n) is 10.7. The van der Waals surface area contributed by atoms with Gasteiger partial charge in [-0.15, -0.1) is 0 Å². The van der Waals surface area contributed by atoms with Crippen LogP contribution < -0.4 is 4.87 Å². The van der Waals surface area contributed by atoms with E-state index in [4.69, 9.17) is 4.74 Å². The molecule has 0 unspecified atom stereocenters. The van der Waals surface area contributed by atoms with E-state index in [1.807, 2.05) is 24.3 Å². The third-order valence-corrected chi connectivity index (χ3v) is 6.76. The van der Waals surface area contributed by atoms with Crippen molar-refractivity contribution in [1.82, 2.24) is 4.98 Å². The van der Waals surface area contributed by atoms with Gasteiger partial charge in [-0.2, -0.15) is 0 Å². The molecule has 21 heavy (non-hydrogen) atoms. The molecule has 2 aromatic rings. The van der Waals surface area contributed by atoms with Crippen LogP contribution in [0.2, 0.25) is 0 Å². The van der Waals surface area contributed by atoms with Crippen molar-refractivity contribution in [1.29, 1.82) is 0 Å². The zero-order valence-corrected chi connectivity index (χ0v) is 13.9. The first-order valence-corrected chi connectivity index (χ1v) is 8.94. The maximum atomic E-state index is 12.1. The van der Waals surface area contributed by atoms with Gasteiger partial charge in [0.05, 0.1) is 16.2 Å². The first-order chi connectivity index (χ1) is 10.1. The number of ether oxygens (including phenoxy) is 1. The number of hydrogen-bond acceptors (Lipinski definition) is 5. The van der Waals surface area contributed by atoms with E-state index in [1.54, 1.807) is 11.8 Å². The Morgan fingerprint density at radius 1 is 1.24 bits per heavy atom. The van der Waals surface area contributed by atoms with Crippen LogP contribution >= 0.6 is 39.0 Å². The van der Waals surface area contributed by atoms with Gasteiger partial charge in [0.1, 0.15) is 6.61 Å². The standard InChI is InChI=1S/C14H10BrNO3S2/c15-7-3-1-6(2-4-7)9-10-8(5-19-13(10)17)20-12-11(9)21-14(18)16-12/h1-4,8-10H,5H2,(H,16,18)/t8-,9-,10+/m1/s1. The minimum Gasteiger partial charge on any atom is -0.464 e. The van der Waals surface area contributed by atoms with Crippen LogP contribution in [-0.4, -0.2) is 22.8 Å². The number of hydrogen-bond donors (Lipinski definition) is 1. The van der Waals surface area contributed by atoms with Crippen molar-refractivity contribution < 1.29 is 9.53 Å². The van der Waals surface area contributed by atoms with Gasteiger partial charge in [0.25, 0.3) is 0 Å². The normalized spacial score (nSPS) is 27.1. The highest BCUT2D eigenvalue weighted by molar-refractivity contribution is 9.10. The van der Waals surface area contributed by atoms with E-state index in [-0.39, 0.29) is 27.9 Å². The van der Waals surface area contributed by atoms with Gasteiger partial charge in [-0.05, 0) is 17.7 Å². The summed E-state index contributed by atoms with van der Waals surface area (Å²) < 4.78 is 6.24. The molecule has 0 radical (unpaired) electrons. The number of benzene rings is 1. The molecule has 1 saturated heterocycles. The van der Waals surface area contributed by atoms with Crippen molar-refractivity contribution in [3.8, 4) is 0 Å². The van der Waals surface area contributed by atoms with Crippen molar-refractivity contribution >= 4 is 45.0 Å². The summed E-state index contributed by atoms with van der Waals surface area (Å²) in [6, 6.07) is 7.92. The quantitative estimate of drug-likeness (QED) is 0.769. The number of aromatic nitrogens is 1. The average Bonchev–Trinajstić information content (AvgIpc) is 3.00. The molecule has 1 aromatic heterocycles. The Morgan fingerprint density at radius 2 is 2.00 bits per heavy atom. The molecule has 1 aromatic carbocycles. The van der Waals surface area contributed by atoms with E-state index in [9.17, 15) is 9.59 Å². The molecule has 7 heteroatoms. The second-order valence-corrected chi connectivity index (χ2v) is 8.23. The lowest BCUT2D eigenvalue weighted by atomic mass is 9.83. The predicted octanol–water partition coefficient (Wildman–Crippen LogP) is 2.98. The molecule has 2 aliphatic rings. The number of thioether (sulfide) groups is 1. The smallest absolute Gasteiger partial charge is 0.311 e. The SMILES string of the molecule is O=C1OC[C@H]2Sc3[nH]c(=O)sc3[C@H](c3ccc(Br)cc3)[C@@H]12. The fraction of sp³-hybridized carbons (Fsp3) is 0.286. The van der Waals surface area contributed by atoms with Gasteiger partial charge in [0.15, 0.2) is 0 Å². The minimum absolute atomic E-state index is 0.0667. The molecule has 0 bridgehead atoms. The van der Waals surface area contributed by atoms with Gasteiger partial charge in [-0.25, -0.2) is 0 Å². The van der Waals surface area contributed by atoms with Crippen LogP contribution in [0.4, 0.5) is 0 Å². The van der Waals surface area contributed by atoms with Crippen LogP contribution in [0, 0.1) is 5.92 Å². The Balaban J connectivity index is 1.89. The summed E-state index contributed by atoms with van der Waals surface area (Å²) in [5, 5.41) is 0.960. The summed E-state index contributed by atoms with van der Waals surface area (Å²) in [6.45, 7) is 0.415. The summed E-state index contributed by atoms with van der Waals surface area (Å²) in [4.78, 5) is 27.6. The second-order valence-electron chi connectivity index (χ2n) is 5.05. The summed E-state index contributed by atoms with van der Waals surface area (Å²) in [5.74, 6) is -0.472. The monoisotopic (exact) mass is 383 g/mol. The molecule has 2 aliphatic heterocycles. The maximum absolute atomic E-state index is 12.1. The number of H-pyrrole nitrogens is 1. The third kappa shape index (κ3) is 2.18. The van der Waals surface area contributed by atoms with Gasteiger partial charge >= 0.3 is 10.8 Å². The number of aromatic amines is 1. The van der Waals surface area contributed by atoms with Gasteiger partial charge in [0.2, 0.25) is 0 Å². The van der Waals surface area contributed by atoms with Gasteiger partial charge in [-0.3, -0.25) is 9.59 Å². The maximum Gasteiger partial charge on any atom is 0.311 e. The predicted molar refractivity (Wildman–Crippen MR) is 85.0 cm³/mol. The Bertz CT molecular complexity index is 767. The molecule has 0 amide bonds. The lowest BCUT2D eigenvalue weighted by Crippen LogP contribution is -2.29. The van der Waals surface area contributed by atoms with Crippen molar-refractivity contribution in [3.63, 3.8) is 0 Å². The second kappa shape index (κ2) is 5.00. The molecular weight excluding hydrogens is 374 g/mol. The van der Waals surface area contributed by atoms with Crippen molar-refractivity contribution in [3.05, 3.63) is 48.8 Å². The Morgan fingerprint density at radius 3 is 2.76 bits per heavy atom. The summed E-state index contributed by atoms with van der Waals surface area (Å²) >= 11 is 6.17. The molecule has 4 nitrogen and oxygen atoms in total. The number of thiazole rings is 1. The van der Waals surface area contributed by atoms with Gasteiger partial charge < -0.3 is 9.72 Å². The number of fused-ring (bicyclic) bond motifs is 2. The van der Waals surface area contributed by atoms with Crippen molar-refractivity contribution in [2.45, 2.75) is 16.2 Å². The Kier molecular flexibility index (Phi) is 3.24. The number of carbonyl (C=O) groups excluding carboxylic acids is 1. The Hall–Kier alpha value is -1.05. The van der Waals surface area contributed by atoms with Crippen LogP contribution in [0.15, 0.2) is 38.6 Å². The van der Waals surface area contributed by atoms with E-state index in [1.165, 1.54) is 11.3 Å². The van der Waals surface area contributed by atoms with Gasteiger partial charge in [-0.1, -0.05) is 51.2 Å². The molecular formula is C14H10BrNO3S2. The molecule has 4 rings (SSSR count). The number of rotatable bonds is 1. The topological polar surface area (TPSA) is 59.2 Å². The van der Waals surface area contributed by atoms with E-state index in [2.05, 4.69) is 20.9 Å². The molecule has 108 valence electrons. The number of esters is 1. The number of nitrogens with one attached hydrogen (secondary N) is 1. The highest BCUT2D eigenvalue weighted by Gasteiger charge is 2.49. The van der Waals surface area contributed by atoms with E-state index in [0.29, 0.717) is 6.61 Å². The number of cyclic esters (lactones) is 1. The highest BCUT2D eigenvalue weighted by Crippen LogP contribution is 2.51. The average molecular weight is 384 g/mol. The lowest BCUT2D eigenvalue weighted by molar-refractivity contribution is -0.141. The van der Waals surface area contributed by atoms with Crippen LogP contribution in [0.25, 0.3) is 0 Å². The van der Waals surface area contributed by atoms with Crippen LogP contribution in [-0.2, 0) is 9.53 Å².